The smallest absolute Gasteiger partial charge is 0.311 e. The van der Waals surface area contributed by atoms with Gasteiger partial charge in [0.25, 0.3) is 0 Å². The normalized spacial score (nSPS) is 32.5. The van der Waals surface area contributed by atoms with Gasteiger partial charge in [-0.25, -0.2) is 0 Å². The second-order valence-electron chi connectivity index (χ2n) is 7.00. The summed E-state index contributed by atoms with van der Waals surface area (Å²) in [6.45, 7) is 1.09. The Balaban J connectivity index is 1.40. The van der Waals surface area contributed by atoms with Crippen molar-refractivity contribution in [2.45, 2.75) is 44.2 Å². The summed E-state index contributed by atoms with van der Waals surface area (Å²) in [4.78, 5) is 26.4. The first-order valence-electron chi connectivity index (χ1n) is 8.47. The van der Waals surface area contributed by atoms with Gasteiger partial charge in [-0.2, -0.15) is 0 Å². The van der Waals surface area contributed by atoms with Crippen molar-refractivity contribution >= 4 is 11.8 Å². The molecule has 1 aromatic rings. The number of aliphatic hydroxyl groups is 1. The number of nitrogens with one attached hydrogen (secondary N) is 1. The third-order valence-electron chi connectivity index (χ3n) is 5.66. The van der Waals surface area contributed by atoms with Crippen LogP contribution in [0, 0.1) is 11.8 Å². The maximum absolute atomic E-state index is 12.4. The van der Waals surface area contributed by atoms with E-state index < -0.39 is 11.8 Å². The third-order valence-corrected chi connectivity index (χ3v) is 5.66. The molecule has 1 saturated heterocycles. The number of carbonyl (C=O) groups is 2. The van der Waals surface area contributed by atoms with Gasteiger partial charge in [0.2, 0.25) is 0 Å². The topological polar surface area (TPSA) is 82.8 Å². The highest BCUT2D eigenvalue weighted by Crippen LogP contribution is 2.38. The average Bonchev–Trinajstić information content (AvgIpc) is 3.24. The third kappa shape index (κ3) is 2.55. The van der Waals surface area contributed by atoms with Gasteiger partial charge in [0.05, 0.1) is 18.4 Å². The molecule has 1 unspecified atom stereocenters. The van der Waals surface area contributed by atoms with Crippen molar-refractivity contribution in [3.05, 3.63) is 23.7 Å². The van der Waals surface area contributed by atoms with Crippen molar-refractivity contribution in [3.8, 4) is 0 Å². The summed E-state index contributed by atoms with van der Waals surface area (Å²) in [6.07, 6.45) is 5.73. The number of amides is 2. The SMILES string of the molecule is O=C(NC1CCCc2occc21)C(=O)N1C[C@H]2CC[C@@H](O)[C@H]2C1. The number of furan rings is 1. The van der Waals surface area contributed by atoms with E-state index in [2.05, 4.69) is 5.32 Å². The van der Waals surface area contributed by atoms with Crippen LogP contribution in [0.25, 0.3) is 0 Å². The van der Waals surface area contributed by atoms with E-state index in [1.165, 1.54) is 0 Å². The number of aliphatic hydroxyl groups excluding tert-OH is 1. The molecule has 2 aliphatic carbocycles. The van der Waals surface area contributed by atoms with Crippen LogP contribution >= 0.6 is 0 Å². The van der Waals surface area contributed by atoms with Crippen LogP contribution in [-0.4, -0.2) is 41.0 Å². The Morgan fingerprint density at radius 3 is 2.96 bits per heavy atom. The van der Waals surface area contributed by atoms with Gasteiger partial charge in [-0.05, 0) is 37.7 Å². The summed E-state index contributed by atoms with van der Waals surface area (Å²) in [7, 11) is 0. The molecule has 23 heavy (non-hydrogen) atoms. The minimum Gasteiger partial charge on any atom is -0.469 e. The summed E-state index contributed by atoms with van der Waals surface area (Å²) in [5.74, 6) is 0.382. The fourth-order valence-corrected chi connectivity index (χ4v) is 4.40. The Bertz CT molecular complexity index is 626. The Morgan fingerprint density at radius 2 is 2.13 bits per heavy atom. The minimum atomic E-state index is -0.543. The molecule has 2 N–H and O–H groups in total. The molecule has 1 aromatic heterocycles. The van der Waals surface area contributed by atoms with Gasteiger partial charge in [-0.3, -0.25) is 9.59 Å². The molecule has 4 rings (SSSR count). The van der Waals surface area contributed by atoms with Crippen molar-refractivity contribution in [1.29, 1.82) is 0 Å². The Morgan fingerprint density at radius 1 is 1.26 bits per heavy atom. The Kier molecular flexibility index (Phi) is 3.64. The van der Waals surface area contributed by atoms with E-state index >= 15 is 0 Å². The van der Waals surface area contributed by atoms with Crippen molar-refractivity contribution in [1.82, 2.24) is 10.2 Å². The van der Waals surface area contributed by atoms with Gasteiger partial charge in [0.15, 0.2) is 0 Å². The zero-order valence-electron chi connectivity index (χ0n) is 13.0. The van der Waals surface area contributed by atoms with Crippen LogP contribution in [-0.2, 0) is 16.0 Å². The lowest BCUT2D eigenvalue weighted by Crippen LogP contribution is -2.44. The molecule has 2 heterocycles. The first kappa shape index (κ1) is 14.8. The number of carbonyl (C=O) groups excluding carboxylic acids is 2. The van der Waals surface area contributed by atoms with Crippen molar-refractivity contribution in [3.63, 3.8) is 0 Å². The lowest BCUT2D eigenvalue weighted by atomic mass is 9.93. The van der Waals surface area contributed by atoms with Crippen LogP contribution in [0.5, 0.6) is 0 Å². The van der Waals surface area contributed by atoms with E-state index in [0.717, 1.165) is 43.4 Å². The lowest BCUT2D eigenvalue weighted by molar-refractivity contribution is -0.145. The van der Waals surface area contributed by atoms with Crippen LogP contribution in [0.15, 0.2) is 16.7 Å². The van der Waals surface area contributed by atoms with E-state index in [9.17, 15) is 14.7 Å². The molecule has 4 atom stereocenters. The van der Waals surface area contributed by atoms with Crippen LogP contribution in [0.3, 0.4) is 0 Å². The quantitative estimate of drug-likeness (QED) is 0.757. The maximum atomic E-state index is 12.4. The zero-order valence-corrected chi connectivity index (χ0v) is 13.0. The van der Waals surface area contributed by atoms with Crippen molar-refractivity contribution in [2.24, 2.45) is 11.8 Å². The molecule has 6 nitrogen and oxygen atoms in total. The molecule has 3 aliphatic rings. The number of likely N-dealkylation sites (tertiary alicyclic amines) is 1. The second-order valence-corrected chi connectivity index (χ2v) is 7.00. The van der Waals surface area contributed by atoms with Crippen LogP contribution in [0.2, 0.25) is 0 Å². The number of aryl methyl sites for hydroxylation is 1. The van der Waals surface area contributed by atoms with E-state index in [-0.39, 0.29) is 18.1 Å². The van der Waals surface area contributed by atoms with Gasteiger partial charge in [-0.1, -0.05) is 0 Å². The predicted molar refractivity (Wildman–Crippen MR) is 81.3 cm³/mol. The van der Waals surface area contributed by atoms with Crippen molar-refractivity contribution in [2.75, 3.05) is 13.1 Å². The summed E-state index contributed by atoms with van der Waals surface area (Å²) in [5, 5.41) is 12.8. The molecule has 124 valence electrons. The first-order chi connectivity index (χ1) is 11.1. The second kappa shape index (κ2) is 5.67. The Hall–Kier alpha value is -1.82. The first-order valence-corrected chi connectivity index (χ1v) is 8.47. The fraction of sp³-hybridized carbons (Fsp3) is 0.647. The van der Waals surface area contributed by atoms with Crippen LogP contribution in [0.1, 0.15) is 43.0 Å². The summed E-state index contributed by atoms with van der Waals surface area (Å²) >= 11 is 0. The number of hydrogen-bond donors (Lipinski definition) is 2. The highest BCUT2D eigenvalue weighted by Gasteiger charge is 2.44. The largest absolute Gasteiger partial charge is 0.469 e. The summed E-state index contributed by atoms with van der Waals surface area (Å²) in [5.41, 5.74) is 0.992. The van der Waals surface area contributed by atoms with Crippen LogP contribution < -0.4 is 5.32 Å². The van der Waals surface area contributed by atoms with Gasteiger partial charge >= 0.3 is 11.8 Å². The van der Waals surface area contributed by atoms with Crippen LogP contribution in [0.4, 0.5) is 0 Å². The molecule has 0 radical (unpaired) electrons. The van der Waals surface area contributed by atoms with E-state index in [1.807, 2.05) is 6.07 Å². The number of hydrogen-bond acceptors (Lipinski definition) is 4. The van der Waals surface area contributed by atoms with E-state index in [1.54, 1.807) is 11.2 Å². The molecule has 2 fully saturated rings. The number of nitrogens with zero attached hydrogens (tertiary/aromatic N) is 1. The predicted octanol–water partition coefficient (Wildman–Crippen LogP) is 1.00. The highest BCUT2D eigenvalue weighted by molar-refractivity contribution is 6.35. The molecule has 1 saturated carbocycles. The average molecular weight is 318 g/mol. The number of rotatable bonds is 1. The summed E-state index contributed by atoms with van der Waals surface area (Å²) in [6, 6.07) is 1.74. The molecular weight excluding hydrogens is 296 g/mol. The Labute approximate surface area is 134 Å². The monoisotopic (exact) mass is 318 g/mol. The maximum Gasteiger partial charge on any atom is 0.311 e. The molecule has 2 amide bonds. The zero-order chi connectivity index (χ0) is 16.0. The van der Waals surface area contributed by atoms with E-state index in [4.69, 9.17) is 4.42 Å². The van der Waals surface area contributed by atoms with Gasteiger partial charge in [0, 0.05) is 31.0 Å². The van der Waals surface area contributed by atoms with E-state index in [0.29, 0.717) is 19.0 Å². The minimum absolute atomic E-state index is 0.137. The highest BCUT2D eigenvalue weighted by atomic mass is 16.3. The van der Waals surface area contributed by atoms with Gasteiger partial charge in [-0.15, -0.1) is 0 Å². The summed E-state index contributed by atoms with van der Waals surface area (Å²) < 4.78 is 5.42. The molecular formula is C17H22N2O4. The standard InChI is InChI=1S/C17H22N2O4/c20-14-5-4-10-8-19(9-12(10)14)17(22)16(21)18-13-2-1-3-15-11(13)6-7-23-15/h6-7,10,12-14,20H,1-5,8-9H2,(H,18,21)/t10-,12+,13?,14-/m1/s1. The van der Waals surface area contributed by atoms with Gasteiger partial charge < -0.3 is 19.7 Å². The molecule has 6 heteroatoms. The van der Waals surface area contributed by atoms with Crippen molar-refractivity contribution < 1.29 is 19.1 Å². The molecule has 1 aliphatic heterocycles. The molecule has 0 aromatic carbocycles. The fourth-order valence-electron chi connectivity index (χ4n) is 4.40. The lowest BCUT2D eigenvalue weighted by Gasteiger charge is -2.24. The molecule has 0 spiro atoms. The molecule has 0 bridgehead atoms. The number of fused-ring (bicyclic) bond motifs is 2. The van der Waals surface area contributed by atoms with Gasteiger partial charge in [0.1, 0.15) is 5.76 Å².